The van der Waals surface area contributed by atoms with E-state index < -0.39 is 0 Å². The van der Waals surface area contributed by atoms with Gasteiger partial charge in [-0.05, 0) is 36.5 Å². The molecule has 7 heteroatoms. The Morgan fingerprint density at radius 1 is 1.04 bits per heavy atom. The molecule has 2 saturated heterocycles. The monoisotopic (exact) mass is 376 g/mol. The van der Waals surface area contributed by atoms with Crippen LogP contribution in [0.3, 0.4) is 0 Å². The third-order valence-corrected chi connectivity index (χ3v) is 5.48. The summed E-state index contributed by atoms with van der Waals surface area (Å²) >= 11 is 5.93. The molecule has 2 aromatic rings. The fourth-order valence-corrected chi connectivity index (χ4v) is 3.77. The molecule has 0 spiro atoms. The second-order valence-corrected chi connectivity index (χ2v) is 7.58. The number of hydrogen-bond acceptors (Lipinski definition) is 6. The maximum Gasteiger partial charge on any atom is 0.324 e. The Hall–Kier alpha value is -1.63. The molecule has 1 aromatic heterocycles. The molecule has 0 unspecified atom stereocenters. The van der Waals surface area contributed by atoms with E-state index >= 15 is 0 Å². The minimum Gasteiger partial charge on any atom is -0.381 e. The predicted molar refractivity (Wildman–Crippen MR) is 101 cm³/mol. The lowest BCUT2D eigenvalue weighted by Crippen LogP contribution is -2.48. The summed E-state index contributed by atoms with van der Waals surface area (Å²) in [6, 6.07) is 8.39. The molecule has 0 N–H and O–H groups in total. The number of aromatic nitrogens is 2. The molecule has 0 amide bonds. The van der Waals surface area contributed by atoms with Crippen LogP contribution in [-0.2, 0) is 11.2 Å². The number of ether oxygens (including phenoxy) is 1. The van der Waals surface area contributed by atoms with Crippen LogP contribution in [0.1, 0.15) is 24.2 Å². The molecule has 6 nitrogen and oxygen atoms in total. The average Bonchev–Trinajstić information content (AvgIpc) is 3.14. The summed E-state index contributed by atoms with van der Waals surface area (Å²) in [6.07, 6.45) is 3.04. The van der Waals surface area contributed by atoms with Crippen LogP contribution in [0.15, 0.2) is 28.8 Å². The van der Waals surface area contributed by atoms with Gasteiger partial charge in [-0.1, -0.05) is 28.9 Å². The van der Waals surface area contributed by atoms with Crippen LogP contribution in [0.5, 0.6) is 0 Å². The lowest BCUT2D eigenvalue weighted by atomic mass is 9.99. The minimum absolute atomic E-state index is 0.639. The summed E-state index contributed by atoms with van der Waals surface area (Å²) in [7, 11) is 0. The summed E-state index contributed by atoms with van der Waals surface area (Å²) < 4.78 is 10.9. The normalized spacial score (nSPS) is 19.8. The Bertz CT molecular complexity index is 692. The van der Waals surface area contributed by atoms with Gasteiger partial charge in [0.05, 0.1) is 0 Å². The predicted octanol–water partition coefficient (Wildman–Crippen LogP) is 2.86. The first kappa shape index (κ1) is 17.8. The molecule has 4 rings (SSSR count). The number of nitrogens with zero attached hydrogens (tertiary/aromatic N) is 4. The topological polar surface area (TPSA) is 54.6 Å². The minimum atomic E-state index is 0.639. The zero-order chi connectivity index (χ0) is 17.8. The van der Waals surface area contributed by atoms with Crippen molar-refractivity contribution < 1.29 is 9.26 Å². The number of piperazine rings is 1. The highest BCUT2D eigenvalue weighted by Crippen LogP contribution is 2.20. The molecule has 0 saturated carbocycles. The van der Waals surface area contributed by atoms with E-state index in [9.17, 15) is 0 Å². The molecule has 0 aliphatic carbocycles. The largest absolute Gasteiger partial charge is 0.381 e. The number of benzene rings is 1. The van der Waals surface area contributed by atoms with Crippen molar-refractivity contribution in [3.63, 3.8) is 0 Å². The quantitative estimate of drug-likeness (QED) is 0.799. The van der Waals surface area contributed by atoms with E-state index in [1.54, 1.807) is 0 Å². The van der Waals surface area contributed by atoms with Crippen LogP contribution in [0.25, 0.3) is 0 Å². The van der Waals surface area contributed by atoms with Crippen LogP contribution in [0, 0.1) is 5.92 Å². The van der Waals surface area contributed by atoms with Crippen molar-refractivity contribution in [2.24, 2.45) is 5.92 Å². The van der Waals surface area contributed by atoms with E-state index in [0.717, 1.165) is 55.9 Å². The summed E-state index contributed by atoms with van der Waals surface area (Å²) in [5.74, 6) is 1.50. The van der Waals surface area contributed by atoms with E-state index in [0.29, 0.717) is 18.3 Å². The summed E-state index contributed by atoms with van der Waals surface area (Å²) in [4.78, 5) is 9.32. The molecule has 1 aromatic carbocycles. The van der Waals surface area contributed by atoms with Crippen molar-refractivity contribution in [1.29, 1.82) is 0 Å². The second-order valence-electron chi connectivity index (χ2n) is 7.14. The van der Waals surface area contributed by atoms with Gasteiger partial charge in [0.1, 0.15) is 0 Å². The molecular weight excluding hydrogens is 352 g/mol. The van der Waals surface area contributed by atoms with Crippen molar-refractivity contribution in [2.45, 2.75) is 19.3 Å². The molecule has 26 heavy (non-hydrogen) atoms. The molecule has 2 aliphatic heterocycles. The van der Waals surface area contributed by atoms with Crippen molar-refractivity contribution >= 4 is 17.6 Å². The first-order valence-corrected chi connectivity index (χ1v) is 9.76. The zero-order valence-corrected chi connectivity index (χ0v) is 15.7. The smallest absolute Gasteiger partial charge is 0.324 e. The van der Waals surface area contributed by atoms with E-state index in [-0.39, 0.29) is 0 Å². The molecule has 0 atom stereocenters. The maximum absolute atomic E-state index is 5.93. The van der Waals surface area contributed by atoms with Crippen molar-refractivity contribution in [3.05, 3.63) is 40.7 Å². The molecular formula is C19H25ClN4O2. The first-order chi connectivity index (χ1) is 12.8. The van der Waals surface area contributed by atoms with Crippen LogP contribution in [-0.4, -0.2) is 61.0 Å². The molecule has 2 aliphatic rings. The van der Waals surface area contributed by atoms with Gasteiger partial charge >= 0.3 is 6.01 Å². The van der Waals surface area contributed by atoms with Crippen molar-refractivity contribution in [2.75, 3.05) is 50.8 Å². The molecule has 0 radical (unpaired) electrons. The van der Waals surface area contributed by atoms with Gasteiger partial charge in [-0.2, -0.15) is 4.98 Å². The van der Waals surface area contributed by atoms with Gasteiger partial charge in [-0.3, -0.25) is 4.90 Å². The average molecular weight is 377 g/mol. The van der Waals surface area contributed by atoms with Crippen molar-refractivity contribution in [3.8, 4) is 0 Å². The fraction of sp³-hybridized carbons (Fsp3) is 0.579. The lowest BCUT2D eigenvalue weighted by molar-refractivity contribution is 0.0516. The Balaban J connectivity index is 1.28. The number of hydrogen-bond donors (Lipinski definition) is 0. The fourth-order valence-electron chi connectivity index (χ4n) is 3.65. The standard InChI is InChI=1S/C19H25ClN4O2/c20-17-3-1-15(2-4-17)13-18-21-19(26-22-18)24-9-7-23(8-10-24)14-16-5-11-25-12-6-16/h1-4,16H,5-14H2. The highest BCUT2D eigenvalue weighted by molar-refractivity contribution is 6.30. The maximum atomic E-state index is 5.93. The van der Waals surface area contributed by atoms with E-state index in [4.69, 9.17) is 20.9 Å². The third-order valence-electron chi connectivity index (χ3n) is 5.23. The molecule has 2 fully saturated rings. The van der Waals surface area contributed by atoms with Gasteiger partial charge in [-0.25, -0.2) is 0 Å². The molecule has 0 bridgehead atoms. The Kier molecular flexibility index (Phi) is 5.72. The van der Waals surface area contributed by atoms with E-state index in [2.05, 4.69) is 19.9 Å². The van der Waals surface area contributed by atoms with Gasteiger partial charge in [0.25, 0.3) is 0 Å². The summed E-state index contributed by atoms with van der Waals surface area (Å²) in [5.41, 5.74) is 1.13. The van der Waals surface area contributed by atoms with Crippen LogP contribution >= 0.6 is 11.6 Å². The van der Waals surface area contributed by atoms with E-state index in [1.165, 1.54) is 19.4 Å². The summed E-state index contributed by atoms with van der Waals surface area (Å²) in [5, 5.41) is 4.87. The van der Waals surface area contributed by atoms with Gasteiger partial charge < -0.3 is 14.2 Å². The molecule has 3 heterocycles. The summed E-state index contributed by atoms with van der Waals surface area (Å²) in [6.45, 7) is 6.99. The highest BCUT2D eigenvalue weighted by Gasteiger charge is 2.24. The first-order valence-electron chi connectivity index (χ1n) is 9.38. The number of halogens is 1. The Morgan fingerprint density at radius 3 is 2.50 bits per heavy atom. The van der Waals surface area contributed by atoms with E-state index in [1.807, 2.05) is 24.3 Å². The third kappa shape index (κ3) is 4.55. The Morgan fingerprint density at radius 2 is 1.77 bits per heavy atom. The van der Waals surface area contributed by atoms with Gasteiger partial charge in [0, 0.05) is 57.4 Å². The number of anilines is 1. The molecule has 140 valence electrons. The van der Waals surface area contributed by atoms with Crippen molar-refractivity contribution in [1.82, 2.24) is 15.0 Å². The second kappa shape index (κ2) is 8.37. The Labute approximate surface area is 159 Å². The number of rotatable bonds is 5. The van der Waals surface area contributed by atoms with Gasteiger partial charge in [-0.15, -0.1) is 0 Å². The van der Waals surface area contributed by atoms with Crippen LogP contribution in [0.2, 0.25) is 5.02 Å². The zero-order valence-electron chi connectivity index (χ0n) is 14.9. The van der Waals surface area contributed by atoms with Gasteiger partial charge in [0.2, 0.25) is 0 Å². The van der Waals surface area contributed by atoms with Crippen LogP contribution in [0.4, 0.5) is 6.01 Å². The van der Waals surface area contributed by atoms with Gasteiger partial charge in [0.15, 0.2) is 5.82 Å². The SMILES string of the molecule is Clc1ccc(Cc2noc(N3CCN(CC4CCOCC4)CC3)n2)cc1. The highest BCUT2D eigenvalue weighted by atomic mass is 35.5. The van der Waals surface area contributed by atoms with Crippen LogP contribution < -0.4 is 4.90 Å². The lowest BCUT2D eigenvalue weighted by Gasteiger charge is -2.36.